The number of rotatable bonds is 7. The number of anilines is 1. The lowest BCUT2D eigenvalue weighted by molar-refractivity contribution is -0.150. The Morgan fingerprint density at radius 3 is 2.89 bits per heavy atom. The van der Waals surface area contributed by atoms with E-state index in [0.717, 1.165) is 16.2 Å². The van der Waals surface area contributed by atoms with Crippen LogP contribution in [0.3, 0.4) is 0 Å². The summed E-state index contributed by atoms with van der Waals surface area (Å²) in [5.41, 5.74) is 6.23. The highest BCUT2D eigenvalue weighted by molar-refractivity contribution is 8.00. The number of fused-ring (bicyclic) bond motifs is 1. The van der Waals surface area contributed by atoms with Crippen LogP contribution in [0.4, 0.5) is 5.13 Å². The van der Waals surface area contributed by atoms with Crippen LogP contribution in [-0.4, -0.2) is 86.7 Å². The Morgan fingerprint density at radius 2 is 2.26 bits per heavy atom. The highest BCUT2D eigenvalue weighted by Crippen LogP contribution is 2.41. The summed E-state index contributed by atoms with van der Waals surface area (Å²) in [5, 5.41) is 17.2. The van der Waals surface area contributed by atoms with Crippen molar-refractivity contribution in [2.45, 2.75) is 17.8 Å². The highest BCUT2D eigenvalue weighted by atomic mass is 32.2. The number of thioether (sulfide) groups is 1. The van der Waals surface area contributed by atoms with Gasteiger partial charge >= 0.3 is 5.97 Å². The number of nitrogens with one attached hydrogen (secondary N) is 1. The first-order valence-electron chi connectivity index (χ1n) is 10.2. The Labute approximate surface area is 207 Å². The van der Waals surface area contributed by atoms with Crippen LogP contribution in [0, 0.1) is 12.3 Å². The number of allylic oxidation sites excluding steroid dienone is 1. The molecule has 0 radical (unpaired) electrons. The van der Waals surface area contributed by atoms with Gasteiger partial charge in [-0.2, -0.15) is 0 Å². The van der Waals surface area contributed by atoms with Crippen molar-refractivity contribution in [2.24, 2.45) is 5.16 Å². The van der Waals surface area contributed by atoms with Gasteiger partial charge < -0.3 is 25.9 Å². The van der Waals surface area contributed by atoms with Gasteiger partial charge in [0.05, 0.1) is 6.54 Å². The number of nitrogens with zero attached hydrogens (tertiary/aromatic N) is 4. The molecule has 2 atom stereocenters. The van der Waals surface area contributed by atoms with Crippen LogP contribution in [-0.2, 0) is 24.0 Å². The molecule has 0 spiro atoms. The molecule has 14 heteroatoms. The minimum atomic E-state index is -1.30. The molecule has 4 heterocycles. The molecule has 3 aliphatic heterocycles. The number of aromatic nitrogens is 1. The van der Waals surface area contributed by atoms with Gasteiger partial charge in [-0.25, -0.2) is 9.78 Å². The molecule has 2 saturated heterocycles. The predicted molar refractivity (Wildman–Crippen MR) is 128 cm³/mol. The molecule has 12 nitrogen and oxygen atoms in total. The minimum Gasteiger partial charge on any atom is -0.477 e. The Bertz CT molecular complexity index is 1250. The summed E-state index contributed by atoms with van der Waals surface area (Å²) in [6.45, 7) is 0.624. The lowest BCUT2D eigenvalue weighted by Crippen LogP contribution is -2.71. The van der Waals surface area contributed by atoms with Gasteiger partial charge in [-0.1, -0.05) is 11.1 Å². The van der Waals surface area contributed by atoms with Crippen LogP contribution in [0.25, 0.3) is 0 Å². The molecular formula is C21H20N6O6S2. The molecular weight excluding hydrogens is 496 g/mol. The number of carboxylic acid groups (broad SMARTS) is 1. The molecule has 2 fully saturated rings. The van der Waals surface area contributed by atoms with Crippen molar-refractivity contribution >= 4 is 57.6 Å². The van der Waals surface area contributed by atoms with E-state index < -0.39 is 29.2 Å². The highest BCUT2D eigenvalue weighted by Gasteiger charge is 2.54. The van der Waals surface area contributed by atoms with Crippen LogP contribution in [0.2, 0.25) is 0 Å². The molecule has 4 N–H and O–H groups in total. The van der Waals surface area contributed by atoms with Crippen molar-refractivity contribution in [3.8, 4) is 12.3 Å². The SMILES string of the molecule is C#CCN1CCC(=CC2=C(C(=O)O)N3C(=O)[C@@H](NC(=O)C(=NOC)c4csc(N)n4)[C@H]3SC2)C1=O. The van der Waals surface area contributed by atoms with Gasteiger partial charge in [-0.3, -0.25) is 19.3 Å². The number of oxime groups is 1. The number of terminal acetylenes is 1. The van der Waals surface area contributed by atoms with Crippen molar-refractivity contribution in [3.05, 3.63) is 34.0 Å². The summed E-state index contributed by atoms with van der Waals surface area (Å²) < 4.78 is 0. The number of nitrogens with two attached hydrogens (primary N) is 1. The first kappa shape index (κ1) is 24.3. The maximum atomic E-state index is 12.9. The second-order valence-corrected chi connectivity index (χ2v) is 9.58. The Hall–Kier alpha value is -3.83. The van der Waals surface area contributed by atoms with Gasteiger partial charge in [0, 0.05) is 23.3 Å². The van der Waals surface area contributed by atoms with Gasteiger partial charge in [0.1, 0.15) is 29.9 Å². The van der Waals surface area contributed by atoms with Gasteiger partial charge in [0.25, 0.3) is 17.7 Å². The molecule has 0 aliphatic carbocycles. The number of aliphatic carboxylic acids is 1. The normalized spacial score (nSPS) is 23.2. The van der Waals surface area contributed by atoms with E-state index in [0.29, 0.717) is 24.1 Å². The van der Waals surface area contributed by atoms with E-state index in [1.807, 2.05) is 0 Å². The molecule has 1 aromatic rings. The summed E-state index contributed by atoms with van der Waals surface area (Å²) >= 11 is 2.39. The lowest BCUT2D eigenvalue weighted by atomic mass is 10.0. The van der Waals surface area contributed by atoms with E-state index in [2.05, 4.69) is 21.4 Å². The smallest absolute Gasteiger partial charge is 0.352 e. The van der Waals surface area contributed by atoms with Crippen molar-refractivity contribution in [1.82, 2.24) is 20.1 Å². The number of carbonyl (C=O) groups excluding carboxylic acids is 3. The number of hydrogen-bond acceptors (Lipinski definition) is 10. The van der Waals surface area contributed by atoms with Crippen molar-refractivity contribution in [3.63, 3.8) is 0 Å². The molecule has 4 rings (SSSR count). The number of β-lactam (4-membered cyclic amide) rings is 1. The fraction of sp³-hybridized carbons (Fsp3) is 0.333. The molecule has 0 aromatic carbocycles. The zero-order valence-electron chi connectivity index (χ0n) is 18.4. The molecule has 1 aromatic heterocycles. The second kappa shape index (κ2) is 9.80. The Morgan fingerprint density at radius 1 is 1.49 bits per heavy atom. The van der Waals surface area contributed by atoms with Crippen LogP contribution < -0.4 is 11.1 Å². The topological polar surface area (TPSA) is 168 Å². The summed E-state index contributed by atoms with van der Waals surface area (Å²) in [7, 11) is 1.26. The van der Waals surface area contributed by atoms with Crippen LogP contribution >= 0.6 is 23.1 Å². The second-order valence-electron chi connectivity index (χ2n) is 7.58. The number of carbonyl (C=O) groups is 4. The Kier molecular flexibility index (Phi) is 6.81. The number of amides is 3. The third kappa shape index (κ3) is 4.47. The zero-order valence-corrected chi connectivity index (χ0v) is 20.0. The number of likely N-dealkylation sites (tertiary alicyclic amines) is 1. The van der Waals surface area contributed by atoms with Gasteiger partial charge in [0.2, 0.25) is 0 Å². The molecule has 0 bridgehead atoms. The number of thiazole rings is 1. The summed E-state index contributed by atoms with van der Waals surface area (Å²) in [4.78, 5) is 61.7. The fourth-order valence-corrected chi connectivity index (χ4v) is 5.78. The minimum absolute atomic E-state index is 0.164. The fourth-order valence-electron chi connectivity index (χ4n) is 3.93. The average Bonchev–Trinajstić information content (AvgIpc) is 3.41. The molecule has 3 amide bonds. The predicted octanol–water partition coefficient (Wildman–Crippen LogP) is -0.394. The third-order valence-electron chi connectivity index (χ3n) is 5.49. The zero-order chi connectivity index (χ0) is 25.3. The van der Waals surface area contributed by atoms with Gasteiger partial charge in [0.15, 0.2) is 10.8 Å². The summed E-state index contributed by atoms with van der Waals surface area (Å²) in [5.74, 6) is -0.203. The average molecular weight is 517 g/mol. The monoisotopic (exact) mass is 516 g/mol. The van der Waals surface area contributed by atoms with E-state index in [4.69, 9.17) is 17.0 Å². The molecule has 182 valence electrons. The largest absolute Gasteiger partial charge is 0.477 e. The first-order chi connectivity index (χ1) is 16.8. The van der Waals surface area contributed by atoms with E-state index in [9.17, 15) is 24.3 Å². The van der Waals surface area contributed by atoms with Crippen LogP contribution in [0.1, 0.15) is 12.1 Å². The van der Waals surface area contributed by atoms with Crippen molar-refractivity contribution < 1.29 is 29.1 Å². The molecule has 3 aliphatic rings. The lowest BCUT2D eigenvalue weighted by Gasteiger charge is -2.49. The van der Waals surface area contributed by atoms with Crippen LogP contribution in [0.5, 0.6) is 0 Å². The maximum absolute atomic E-state index is 12.9. The quantitative estimate of drug-likeness (QED) is 0.144. The van der Waals surface area contributed by atoms with E-state index in [1.165, 1.54) is 35.2 Å². The van der Waals surface area contributed by atoms with E-state index in [-0.39, 0.29) is 40.4 Å². The van der Waals surface area contributed by atoms with Crippen molar-refractivity contribution in [2.75, 3.05) is 31.7 Å². The summed E-state index contributed by atoms with van der Waals surface area (Å²) in [6, 6.07) is -0.978. The van der Waals surface area contributed by atoms with Crippen LogP contribution in [0.15, 0.2) is 33.5 Å². The number of carboxylic acids is 1. The molecule has 35 heavy (non-hydrogen) atoms. The maximum Gasteiger partial charge on any atom is 0.352 e. The Balaban J connectivity index is 1.54. The van der Waals surface area contributed by atoms with Gasteiger partial charge in [-0.05, 0) is 18.1 Å². The molecule has 0 unspecified atom stereocenters. The number of hydrogen-bond donors (Lipinski definition) is 3. The number of nitrogen functional groups attached to an aromatic ring is 1. The van der Waals surface area contributed by atoms with E-state index in [1.54, 1.807) is 0 Å². The van der Waals surface area contributed by atoms with Gasteiger partial charge in [-0.15, -0.1) is 29.5 Å². The third-order valence-corrected chi connectivity index (χ3v) is 7.47. The summed E-state index contributed by atoms with van der Waals surface area (Å²) in [6.07, 6.45) is 7.24. The van der Waals surface area contributed by atoms with E-state index >= 15 is 0 Å². The molecule has 0 saturated carbocycles. The standard InChI is InChI=1S/C21H20N6O6S2/c1-3-5-26-6-4-10(17(26)29)7-11-8-34-19-14(18(30)27(19)15(11)20(31)32)24-16(28)13(25-33-2)12-9-35-21(22)23-12/h1,7,9,14,19H,4-6,8H2,2H3,(H2,22,23)(H,24,28)(H,31,32)/t14-,19-/m1/s1. The van der Waals surface area contributed by atoms with Crippen molar-refractivity contribution in [1.29, 1.82) is 0 Å². The first-order valence-corrected chi connectivity index (χ1v) is 12.2.